The van der Waals surface area contributed by atoms with E-state index in [0.29, 0.717) is 6.54 Å². The molecule has 2 aromatic heterocycles. The Hall–Kier alpha value is -2.77. The minimum atomic E-state index is -2.83. The average Bonchev–Trinajstić information content (AvgIpc) is 2.88. The van der Waals surface area contributed by atoms with Crippen LogP contribution >= 0.6 is 0 Å². The van der Waals surface area contributed by atoms with Gasteiger partial charge in [0.05, 0.1) is 11.6 Å². The van der Waals surface area contributed by atoms with E-state index >= 15 is 0 Å². The Morgan fingerprint density at radius 1 is 1.30 bits per heavy atom. The zero-order chi connectivity index (χ0) is 16.4. The summed E-state index contributed by atoms with van der Waals surface area (Å²) in [5.41, 5.74) is 1.57. The third-order valence-corrected chi connectivity index (χ3v) is 3.41. The van der Waals surface area contributed by atoms with Crippen LogP contribution < -0.4 is 9.64 Å². The minimum absolute atomic E-state index is 0.139. The van der Waals surface area contributed by atoms with Crippen molar-refractivity contribution in [2.75, 3.05) is 11.9 Å². The summed E-state index contributed by atoms with van der Waals surface area (Å²) >= 11 is 0. The van der Waals surface area contributed by atoms with Crippen molar-refractivity contribution >= 4 is 16.9 Å². The summed E-state index contributed by atoms with van der Waals surface area (Å²) in [5, 5.41) is 5.01. The van der Waals surface area contributed by atoms with Crippen LogP contribution in [0.3, 0.4) is 0 Å². The van der Waals surface area contributed by atoms with Gasteiger partial charge >= 0.3 is 6.61 Å². The minimum Gasteiger partial charge on any atom is -0.435 e. The molecule has 0 N–H and O–H groups in total. The molecule has 0 aliphatic carbocycles. The molecule has 3 aromatic rings. The van der Waals surface area contributed by atoms with Crippen LogP contribution in [0.2, 0.25) is 0 Å². The summed E-state index contributed by atoms with van der Waals surface area (Å²) in [6.07, 6.45) is 3.18. The molecule has 0 radical (unpaired) electrons. The number of aryl methyl sites for hydroxylation is 1. The maximum atomic E-state index is 12.3. The lowest BCUT2D eigenvalue weighted by Gasteiger charge is -2.19. The second kappa shape index (κ2) is 6.15. The second-order valence-corrected chi connectivity index (χ2v) is 5.08. The van der Waals surface area contributed by atoms with Crippen LogP contribution in [0.4, 0.5) is 14.6 Å². The fraction of sp³-hybridized carbons (Fsp3) is 0.267. The van der Waals surface area contributed by atoms with Gasteiger partial charge in [-0.3, -0.25) is 4.68 Å². The molecule has 0 fully saturated rings. The molecule has 0 bridgehead atoms. The normalized spacial score (nSPS) is 11.2. The van der Waals surface area contributed by atoms with E-state index < -0.39 is 6.61 Å². The van der Waals surface area contributed by atoms with E-state index in [4.69, 9.17) is 0 Å². The molecule has 3 rings (SSSR count). The van der Waals surface area contributed by atoms with Gasteiger partial charge in [-0.15, -0.1) is 0 Å². The SMILES string of the molecule is CN(Cc1cccc(OC(F)F)c1)c1ncnc2c1cnn2C. The van der Waals surface area contributed by atoms with Crippen LogP contribution in [-0.2, 0) is 13.6 Å². The second-order valence-electron chi connectivity index (χ2n) is 5.08. The highest BCUT2D eigenvalue weighted by atomic mass is 19.3. The summed E-state index contributed by atoms with van der Waals surface area (Å²) in [6, 6.07) is 6.61. The molecule has 6 nitrogen and oxygen atoms in total. The van der Waals surface area contributed by atoms with Crippen molar-refractivity contribution in [3.05, 3.63) is 42.4 Å². The van der Waals surface area contributed by atoms with Gasteiger partial charge in [-0.05, 0) is 17.7 Å². The van der Waals surface area contributed by atoms with Gasteiger partial charge in [0, 0.05) is 20.6 Å². The molecule has 2 heterocycles. The number of benzene rings is 1. The predicted octanol–water partition coefficient (Wildman–Crippen LogP) is 2.60. The van der Waals surface area contributed by atoms with Crippen molar-refractivity contribution in [1.29, 1.82) is 0 Å². The van der Waals surface area contributed by atoms with Crippen molar-refractivity contribution in [2.24, 2.45) is 7.05 Å². The number of nitrogens with zero attached hydrogens (tertiary/aromatic N) is 5. The maximum Gasteiger partial charge on any atom is 0.387 e. The number of halogens is 2. The van der Waals surface area contributed by atoms with E-state index in [0.717, 1.165) is 22.4 Å². The first-order chi connectivity index (χ1) is 11.0. The van der Waals surface area contributed by atoms with Crippen LogP contribution in [0.5, 0.6) is 5.75 Å². The molecule has 1 aromatic carbocycles. The Bertz CT molecular complexity index is 820. The van der Waals surface area contributed by atoms with Crippen LogP contribution in [0.25, 0.3) is 11.0 Å². The molecule has 0 amide bonds. The molecule has 23 heavy (non-hydrogen) atoms. The van der Waals surface area contributed by atoms with Gasteiger partial charge in [0.15, 0.2) is 5.65 Å². The summed E-state index contributed by atoms with van der Waals surface area (Å²) in [5.74, 6) is 0.864. The third kappa shape index (κ3) is 3.20. The molecule has 120 valence electrons. The van der Waals surface area contributed by atoms with Gasteiger partial charge in [-0.25, -0.2) is 9.97 Å². The van der Waals surface area contributed by atoms with Gasteiger partial charge in [0.1, 0.15) is 17.9 Å². The molecule has 8 heteroatoms. The van der Waals surface area contributed by atoms with Gasteiger partial charge < -0.3 is 9.64 Å². The molecule has 0 unspecified atom stereocenters. The van der Waals surface area contributed by atoms with Crippen molar-refractivity contribution in [3.8, 4) is 5.75 Å². The zero-order valence-corrected chi connectivity index (χ0v) is 12.6. The van der Waals surface area contributed by atoms with E-state index in [1.807, 2.05) is 25.1 Å². The number of alkyl halides is 2. The number of aromatic nitrogens is 4. The monoisotopic (exact) mass is 319 g/mol. The van der Waals surface area contributed by atoms with Crippen molar-refractivity contribution in [3.63, 3.8) is 0 Å². The highest BCUT2D eigenvalue weighted by molar-refractivity contribution is 5.86. The third-order valence-electron chi connectivity index (χ3n) is 3.41. The van der Waals surface area contributed by atoms with Crippen LogP contribution in [0, 0.1) is 0 Å². The lowest BCUT2D eigenvalue weighted by Crippen LogP contribution is -2.18. The van der Waals surface area contributed by atoms with Crippen molar-refractivity contribution in [2.45, 2.75) is 13.2 Å². The van der Waals surface area contributed by atoms with Crippen LogP contribution in [0.15, 0.2) is 36.8 Å². The van der Waals surface area contributed by atoms with Gasteiger partial charge in [0.25, 0.3) is 0 Å². The Labute approximate surface area is 131 Å². The quantitative estimate of drug-likeness (QED) is 0.723. The van der Waals surface area contributed by atoms with E-state index in [1.165, 1.54) is 12.4 Å². The van der Waals surface area contributed by atoms with Crippen molar-refractivity contribution < 1.29 is 13.5 Å². The first-order valence-corrected chi connectivity index (χ1v) is 6.92. The molecular formula is C15H15F2N5O. The molecule has 0 saturated heterocycles. The Morgan fingerprint density at radius 2 is 2.13 bits per heavy atom. The highest BCUT2D eigenvalue weighted by Crippen LogP contribution is 2.23. The lowest BCUT2D eigenvalue weighted by molar-refractivity contribution is -0.0498. The molecule has 0 spiro atoms. The fourth-order valence-electron chi connectivity index (χ4n) is 2.42. The summed E-state index contributed by atoms with van der Waals surface area (Å²) in [7, 11) is 3.68. The van der Waals surface area contributed by atoms with Gasteiger partial charge in [-0.2, -0.15) is 13.9 Å². The van der Waals surface area contributed by atoms with E-state index in [2.05, 4.69) is 19.8 Å². The van der Waals surface area contributed by atoms with Crippen LogP contribution in [0.1, 0.15) is 5.56 Å². The Balaban J connectivity index is 1.85. The Kier molecular flexibility index (Phi) is 4.05. The smallest absolute Gasteiger partial charge is 0.387 e. The van der Waals surface area contributed by atoms with Crippen molar-refractivity contribution in [1.82, 2.24) is 19.7 Å². The van der Waals surface area contributed by atoms with Crippen LogP contribution in [-0.4, -0.2) is 33.4 Å². The number of anilines is 1. The molecule has 0 saturated carbocycles. The summed E-state index contributed by atoms with van der Waals surface area (Å²) in [6.45, 7) is -2.35. The number of hydrogen-bond donors (Lipinski definition) is 0. The molecular weight excluding hydrogens is 304 g/mol. The number of ether oxygens (including phenoxy) is 1. The number of hydrogen-bond acceptors (Lipinski definition) is 5. The first-order valence-electron chi connectivity index (χ1n) is 6.92. The number of rotatable bonds is 5. The lowest BCUT2D eigenvalue weighted by atomic mass is 10.2. The zero-order valence-electron chi connectivity index (χ0n) is 12.6. The first kappa shape index (κ1) is 15.1. The van der Waals surface area contributed by atoms with E-state index in [9.17, 15) is 8.78 Å². The number of fused-ring (bicyclic) bond motifs is 1. The summed E-state index contributed by atoms with van der Waals surface area (Å²) < 4.78 is 30.7. The van der Waals surface area contributed by atoms with E-state index in [-0.39, 0.29) is 5.75 Å². The largest absolute Gasteiger partial charge is 0.435 e. The topological polar surface area (TPSA) is 56.1 Å². The van der Waals surface area contributed by atoms with E-state index in [1.54, 1.807) is 23.0 Å². The maximum absolute atomic E-state index is 12.3. The Morgan fingerprint density at radius 3 is 2.91 bits per heavy atom. The van der Waals surface area contributed by atoms with Gasteiger partial charge in [0.2, 0.25) is 0 Å². The fourth-order valence-corrected chi connectivity index (χ4v) is 2.42. The summed E-state index contributed by atoms with van der Waals surface area (Å²) in [4.78, 5) is 10.4. The standard InChI is InChI=1S/C15H15F2N5O/c1-21(8-10-4-3-5-11(6-10)23-15(16)17)13-12-7-20-22(2)14(12)19-9-18-13/h3-7,9,15H,8H2,1-2H3. The predicted molar refractivity (Wildman–Crippen MR) is 81.5 cm³/mol. The molecule has 0 aliphatic rings. The molecule has 0 atom stereocenters. The highest BCUT2D eigenvalue weighted by Gasteiger charge is 2.12. The average molecular weight is 319 g/mol. The van der Waals surface area contributed by atoms with Gasteiger partial charge in [-0.1, -0.05) is 12.1 Å². The molecule has 0 aliphatic heterocycles.